The largest absolute Gasteiger partial charge is 0.392 e. The lowest BCUT2D eigenvalue weighted by atomic mass is 10.1. The second-order valence-corrected chi connectivity index (χ2v) is 5.14. The van der Waals surface area contributed by atoms with Gasteiger partial charge in [0.25, 0.3) is 5.91 Å². The fraction of sp³-hybridized carbons (Fsp3) is 0.133. The van der Waals surface area contributed by atoms with Gasteiger partial charge in [-0.1, -0.05) is 24.3 Å². The van der Waals surface area contributed by atoms with Crippen molar-refractivity contribution in [3.8, 4) is 0 Å². The molecule has 5 heteroatoms. The number of halogens is 2. The summed E-state index contributed by atoms with van der Waals surface area (Å²) in [5.74, 6) is -0.685. The van der Waals surface area contributed by atoms with Crippen molar-refractivity contribution in [1.29, 1.82) is 0 Å². The maximum absolute atomic E-state index is 13.0. The molecule has 0 saturated carbocycles. The predicted molar refractivity (Wildman–Crippen MR) is 77.6 cm³/mol. The number of hydrogen-bond acceptors (Lipinski definition) is 2. The third-order valence-electron chi connectivity index (χ3n) is 2.80. The summed E-state index contributed by atoms with van der Waals surface area (Å²) in [4.78, 5) is 12.0. The Bertz CT molecular complexity index is 631. The second-order valence-electron chi connectivity index (χ2n) is 4.28. The fourth-order valence-corrected chi connectivity index (χ4v) is 2.32. The van der Waals surface area contributed by atoms with Gasteiger partial charge in [-0.2, -0.15) is 0 Å². The monoisotopic (exact) mass is 337 g/mol. The molecule has 2 aromatic carbocycles. The minimum Gasteiger partial charge on any atom is -0.392 e. The Hall–Kier alpha value is -1.72. The zero-order chi connectivity index (χ0) is 14.5. The van der Waals surface area contributed by atoms with Crippen LogP contribution in [-0.4, -0.2) is 11.0 Å². The number of aliphatic hydroxyl groups excluding tert-OH is 1. The molecule has 1 amide bonds. The van der Waals surface area contributed by atoms with Gasteiger partial charge in [0.05, 0.1) is 12.2 Å². The van der Waals surface area contributed by atoms with Crippen LogP contribution in [0.15, 0.2) is 46.9 Å². The van der Waals surface area contributed by atoms with Gasteiger partial charge < -0.3 is 10.4 Å². The highest BCUT2D eigenvalue weighted by atomic mass is 79.9. The first-order valence-electron chi connectivity index (χ1n) is 6.02. The summed E-state index contributed by atoms with van der Waals surface area (Å²) in [6, 6.07) is 11.2. The van der Waals surface area contributed by atoms with Gasteiger partial charge in [0.2, 0.25) is 0 Å². The van der Waals surface area contributed by atoms with E-state index in [2.05, 4.69) is 21.2 Å². The number of amides is 1. The molecule has 0 aliphatic heterocycles. The fourth-order valence-electron chi connectivity index (χ4n) is 1.79. The van der Waals surface area contributed by atoms with Crippen molar-refractivity contribution in [2.75, 3.05) is 0 Å². The first-order chi connectivity index (χ1) is 9.60. The van der Waals surface area contributed by atoms with Crippen LogP contribution in [0.3, 0.4) is 0 Å². The van der Waals surface area contributed by atoms with Crippen LogP contribution in [-0.2, 0) is 13.2 Å². The molecule has 0 bridgehead atoms. The molecule has 0 heterocycles. The van der Waals surface area contributed by atoms with Gasteiger partial charge in [0, 0.05) is 11.0 Å². The second kappa shape index (κ2) is 6.63. The summed E-state index contributed by atoms with van der Waals surface area (Å²) >= 11 is 3.16. The summed E-state index contributed by atoms with van der Waals surface area (Å²) in [6.07, 6.45) is 0. The molecule has 2 N–H and O–H groups in total. The molecule has 104 valence electrons. The lowest BCUT2D eigenvalue weighted by molar-refractivity contribution is 0.0950. The summed E-state index contributed by atoms with van der Waals surface area (Å²) in [5.41, 5.74) is 2.06. The van der Waals surface area contributed by atoms with Crippen molar-refractivity contribution in [2.45, 2.75) is 13.2 Å². The highest BCUT2D eigenvalue weighted by Gasteiger charge is 2.10. The van der Waals surface area contributed by atoms with E-state index in [1.165, 1.54) is 18.2 Å². The zero-order valence-corrected chi connectivity index (χ0v) is 12.2. The first-order valence-corrected chi connectivity index (χ1v) is 6.81. The van der Waals surface area contributed by atoms with Gasteiger partial charge in [-0.15, -0.1) is 0 Å². The third-order valence-corrected chi connectivity index (χ3v) is 3.46. The molecule has 2 aromatic rings. The Labute approximate surface area is 124 Å². The molecule has 0 aliphatic rings. The van der Waals surface area contributed by atoms with Crippen molar-refractivity contribution < 1.29 is 14.3 Å². The molecule has 0 unspecified atom stereocenters. The number of nitrogens with one attached hydrogen (secondary N) is 1. The quantitative estimate of drug-likeness (QED) is 0.900. The number of carbonyl (C=O) groups is 1. The van der Waals surface area contributed by atoms with E-state index < -0.39 is 5.82 Å². The van der Waals surface area contributed by atoms with E-state index in [4.69, 9.17) is 5.11 Å². The van der Waals surface area contributed by atoms with Gasteiger partial charge >= 0.3 is 0 Å². The Morgan fingerprint density at radius 1 is 1.20 bits per heavy atom. The van der Waals surface area contributed by atoms with E-state index >= 15 is 0 Å². The lowest BCUT2D eigenvalue weighted by Gasteiger charge is -2.08. The van der Waals surface area contributed by atoms with Crippen LogP contribution in [0.25, 0.3) is 0 Å². The van der Waals surface area contributed by atoms with Crippen LogP contribution >= 0.6 is 15.9 Å². The van der Waals surface area contributed by atoms with Crippen LogP contribution in [0.2, 0.25) is 0 Å². The van der Waals surface area contributed by atoms with Crippen molar-refractivity contribution in [2.24, 2.45) is 0 Å². The average Bonchev–Trinajstić information content (AvgIpc) is 2.45. The summed E-state index contributed by atoms with van der Waals surface area (Å²) < 4.78 is 13.4. The molecule has 2 rings (SSSR count). The van der Waals surface area contributed by atoms with E-state index in [0.717, 1.165) is 11.1 Å². The van der Waals surface area contributed by atoms with Crippen LogP contribution in [0, 0.1) is 5.82 Å². The first kappa shape index (κ1) is 14.7. The molecular weight excluding hydrogens is 325 g/mol. The van der Waals surface area contributed by atoms with Crippen LogP contribution < -0.4 is 5.32 Å². The van der Waals surface area contributed by atoms with Gasteiger partial charge in [-0.3, -0.25) is 4.79 Å². The number of carbonyl (C=O) groups excluding carboxylic acids is 1. The van der Waals surface area contributed by atoms with Crippen molar-refractivity contribution in [1.82, 2.24) is 5.32 Å². The predicted octanol–water partition coefficient (Wildman–Crippen LogP) is 3.01. The van der Waals surface area contributed by atoms with E-state index in [-0.39, 0.29) is 12.5 Å². The summed E-state index contributed by atoms with van der Waals surface area (Å²) in [5, 5.41) is 11.8. The molecular formula is C15H13BrFNO2. The molecule has 0 atom stereocenters. The Morgan fingerprint density at radius 3 is 2.65 bits per heavy atom. The highest BCUT2D eigenvalue weighted by Crippen LogP contribution is 2.18. The van der Waals surface area contributed by atoms with Gasteiger partial charge in [-0.25, -0.2) is 4.39 Å². The third kappa shape index (κ3) is 3.65. The smallest absolute Gasteiger partial charge is 0.252 e. The van der Waals surface area contributed by atoms with Gasteiger partial charge in [0.15, 0.2) is 0 Å². The zero-order valence-electron chi connectivity index (χ0n) is 10.6. The summed E-state index contributed by atoms with van der Waals surface area (Å²) in [7, 11) is 0. The normalized spacial score (nSPS) is 10.3. The SMILES string of the molecule is O=C(NCc1cccc(CO)c1)c1ccc(F)cc1Br. The number of hydrogen-bond donors (Lipinski definition) is 2. The number of rotatable bonds is 4. The number of aliphatic hydroxyl groups is 1. The van der Waals surface area contributed by atoms with E-state index in [0.29, 0.717) is 16.6 Å². The van der Waals surface area contributed by atoms with E-state index in [9.17, 15) is 9.18 Å². The average molecular weight is 338 g/mol. The van der Waals surface area contributed by atoms with Gasteiger partial charge in [0.1, 0.15) is 5.82 Å². The molecule has 0 spiro atoms. The van der Waals surface area contributed by atoms with Crippen LogP contribution in [0.1, 0.15) is 21.5 Å². The molecule has 0 saturated heterocycles. The molecule has 20 heavy (non-hydrogen) atoms. The maximum atomic E-state index is 13.0. The molecule has 0 radical (unpaired) electrons. The van der Waals surface area contributed by atoms with Crippen LogP contribution in [0.4, 0.5) is 4.39 Å². The Morgan fingerprint density at radius 2 is 1.95 bits per heavy atom. The van der Waals surface area contributed by atoms with Crippen molar-refractivity contribution in [3.05, 3.63) is 69.4 Å². The Kier molecular flexibility index (Phi) is 4.87. The maximum Gasteiger partial charge on any atom is 0.252 e. The summed E-state index contributed by atoms with van der Waals surface area (Å²) in [6.45, 7) is 0.307. The standard InChI is InChI=1S/C15H13BrFNO2/c16-14-7-12(17)4-5-13(14)15(20)18-8-10-2-1-3-11(6-10)9-19/h1-7,19H,8-9H2,(H,18,20). The molecule has 0 aromatic heterocycles. The van der Waals surface area contributed by atoms with Gasteiger partial charge in [-0.05, 0) is 45.3 Å². The minimum absolute atomic E-state index is 0.0364. The highest BCUT2D eigenvalue weighted by molar-refractivity contribution is 9.10. The molecule has 0 aliphatic carbocycles. The minimum atomic E-state index is -0.399. The van der Waals surface area contributed by atoms with E-state index in [1.807, 2.05) is 24.3 Å². The topological polar surface area (TPSA) is 49.3 Å². The van der Waals surface area contributed by atoms with Crippen molar-refractivity contribution >= 4 is 21.8 Å². The molecule has 0 fully saturated rings. The van der Waals surface area contributed by atoms with Crippen molar-refractivity contribution in [3.63, 3.8) is 0 Å². The van der Waals surface area contributed by atoms with Crippen LogP contribution in [0.5, 0.6) is 0 Å². The Balaban J connectivity index is 2.04. The lowest BCUT2D eigenvalue weighted by Crippen LogP contribution is -2.23. The number of benzene rings is 2. The molecule has 3 nitrogen and oxygen atoms in total. The van der Waals surface area contributed by atoms with E-state index in [1.54, 1.807) is 0 Å².